The van der Waals surface area contributed by atoms with Gasteiger partial charge in [-0.05, 0) is 135 Å². The second-order valence-electron chi connectivity index (χ2n) is 20.2. The Hall–Kier alpha value is -4.75. The number of ether oxygens (including phenoxy) is 3. The first kappa shape index (κ1) is 71.3. The maximum absolute atomic E-state index is 10.8. The van der Waals surface area contributed by atoms with Crippen molar-refractivity contribution < 1.29 is 54.1 Å². The zero-order valence-corrected chi connectivity index (χ0v) is 48.3. The van der Waals surface area contributed by atoms with Crippen LogP contribution in [0.1, 0.15) is 201 Å². The van der Waals surface area contributed by atoms with Gasteiger partial charge in [-0.2, -0.15) is 0 Å². The van der Waals surface area contributed by atoms with Crippen LogP contribution in [-0.4, -0.2) is 98.2 Å². The lowest BCUT2D eigenvalue weighted by atomic mass is 10.1. The fourth-order valence-corrected chi connectivity index (χ4v) is 8.08. The van der Waals surface area contributed by atoms with Crippen molar-refractivity contribution in [3.63, 3.8) is 0 Å². The molecule has 0 bridgehead atoms. The number of unbranched alkanes of at least 4 members (excludes halogenated alkanes) is 9. The number of Topliss-reactive ketones (excluding diaryl/α,β-unsaturated/α-hetero) is 1. The summed E-state index contributed by atoms with van der Waals surface area (Å²) in [7, 11) is 0. The molecule has 438 valence electrons. The maximum atomic E-state index is 10.8. The van der Waals surface area contributed by atoms with Crippen LogP contribution < -0.4 is 0 Å². The van der Waals surface area contributed by atoms with Crippen molar-refractivity contribution >= 4 is 17.7 Å². The molecule has 0 radical (unpaired) electrons. The minimum Gasteiger partial charge on any atom is -0.481 e. The highest BCUT2D eigenvalue weighted by Crippen LogP contribution is 2.30. The maximum Gasteiger partial charge on any atom is 0.303 e. The largest absolute Gasteiger partial charge is 0.481 e. The van der Waals surface area contributed by atoms with E-state index in [4.69, 9.17) is 24.4 Å². The SMILES string of the molecule is CCC1OC1C/C=C\C/C=C\C=C/C(O)C/C=C\CCCCCC(=O)O.CCC1OC1C/C=C\CC(O)/C=C\C=C/C/C=C\CCCCCC(=O)O.CCC1OC1CC(O)/C=C/C=C\C/C=C\C/C=C\CCCCCC(C)=O. The topological polar surface area (TPSA) is 190 Å². The molecule has 0 spiro atoms. The molecule has 3 saturated heterocycles. The van der Waals surface area contributed by atoms with Gasteiger partial charge in [0.25, 0.3) is 0 Å². The molecule has 0 saturated carbocycles. The van der Waals surface area contributed by atoms with Gasteiger partial charge in [-0.3, -0.25) is 9.59 Å². The minimum atomic E-state index is -0.724. The van der Waals surface area contributed by atoms with Crippen molar-refractivity contribution in [3.8, 4) is 0 Å². The number of allylic oxidation sites excluding steroid dienone is 17. The highest BCUT2D eigenvalue weighted by Gasteiger charge is 2.38. The summed E-state index contributed by atoms with van der Waals surface area (Å²) in [6.45, 7) is 8.06. The second kappa shape index (κ2) is 50.5. The van der Waals surface area contributed by atoms with Crippen LogP contribution in [0.4, 0.5) is 0 Å². The number of ketones is 1. The van der Waals surface area contributed by atoms with E-state index >= 15 is 0 Å². The smallest absolute Gasteiger partial charge is 0.303 e. The molecule has 3 aliphatic rings. The van der Waals surface area contributed by atoms with Gasteiger partial charge in [0.05, 0.1) is 54.9 Å². The first-order chi connectivity index (χ1) is 37.9. The molecule has 0 aromatic rings. The van der Waals surface area contributed by atoms with Crippen molar-refractivity contribution in [2.24, 2.45) is 0 Å². The van der Waals surface area contributed by atoms with Crippen LogP contribution in [0, 0.1) is 0 Å². The van der Waals surface area contributed by atoms with E-state index in [0.717, 1.165) is 135 Å². The fourth-order valence-electron chi connectivity index (χ4n) is 8.08. The zero-order chi connectivity index (χ0) is 57.1. The number of aliphatic carboxylic acids is 2. The Kier molecular flexibility index (Phi) is 46.1. The Morgan fingerprint density at radius 2 is 0.731 bits per heavy atom. The van der Waals surface area contributed by atoms with E-state index in [0.29, 0.717) is 55.6 Å². The van der Waals surface area contributed by atoms with Gasteiger partial charge < -0.3 is 44.5 Å². The van der Waals surface area contributed by atoms with E-state index in [1.165, 1.54) is 6.42 Å². The molecule has 0 amide bonds. The number of aliphatic hydroxyl groups excluding tert-OH is 3. The molecular weight excluding hydrogens is 981 g/mol. The van der Waals surface area contributed by atoms with E-state index in [2.05, 4.69) is 99.8 Å². The van der Waals surface area contributed by atoms with Gasteiger partial charge in [0.1, 0.15) is 5.78 Å². The molecule has 5 N–H and O–H groups in total. The minimum absolute atomic E-state index is 0.250. The summed E-state index contributed by atoms with van der Waals surface area (Å²) in [5.41, 5.74) is 0. The Balaban J connectivity index is 0.000000585. The van der Waals surface area contributed by atoms with Crippen LogP contribution >= 0.6 is 0 Å². The molecular formula is C67H104O11. The van der Waals surface area contributed by atoms with Crippen molar-refractivity contribution in [1.29, 1.82) is 0 Å². The highest BCUT2D eigenvalue weighted by atomic mass is 16.6. The van der Waals surface area contributed by atoms with Gasteiger partial charge in [-0.15, -0.1) is 0 Å². The van der Waals surface area contributed by atoms with Gasteiger partial charge >= 0.3 is 11.9 Å². The number of hydrogen-bond donors (Lipinski definition) is 5. The van der Waals surface area contributed by atoms with Gasteiger partial charge in [-0.1, -0.05) is 186 Å². The molecule has 3 heterocycles. The average Bonchev–Trinajstić information content (AvgIpc) is 4.36. The Labute approximate surface area is 471 Å². The summed E-state index contributed by atoms with van der Waals surface area (Å²) in [5.74, 6) is -1.14. The summed E-state index contributed by atoms with van der Waals surface area (Å²) in [5, 5.41) is 46.6. The van der Waals surface area contributed by atoms with Gasteiger partial charge in [-0.25, -0.2) is 0 Å². The molecule has 0 aliphatic carbocycles. The summed E-state index contributed by atoms with van der Waals surface area (Å²) in [6.07, 6.45) is 73.6. The third kappa shape index (κ3) is 48.4. The molecule has 9 atom stereocenters. The van der Waals surface area contributed by atoms with E-state index in [1.807, 2.05) is 54.7 Å². The average molecular weight is 1090 g/mol. The number of carbonyl (C=O) groups excluding carboxylic acids is 1. The second-order valence-corrected chi connectivity index (χ2v) is 20.2. The molecule has 0 aromatic heterocycles. The molecule has 11 nitrogen and oxygen atoms in total. The van der Waals surface area contributed by atoms with Crippen molar-refractivity contribution in [1.82, 2.24) is 0 Å². The van der Waals surface area contributed by atoms with Gasteiger partial charge in [0.2, 0.25) is 0 Å². The quantitative estimate of drug-likeness (QED) is 0.0169. The monoisotopic (exact) mass is 1080 g/mol. The van der Waals surface area contributed by atoms with E-state index in [9.17, 15) is 29.7 Å². The predicted octanol–water partition coefficient (Wildman–Crippen LogP) is 15.4. The van der Waals surface area contributed by atoms with Crippen LogP contribution in [0.2, 0.25) is 0 Å². The summed E-state index contributed by atoms with van der Waals surface area (Å²) in [6, 6.07) is 0. The third-order valence-corrected chi connectivity index (χ3v) is 13.0. The summed E-state index contributed by atoms with van der Waals surface area (Å²) >= 11 is 0. The molecule has 3 fully saturated rings. The number of carbonyl (C=O) groups is 3. The standard InChI is InChI=1S/C23H36O3.2C22H34O4/c1-3-22-23(26-22)19-21(25)18-16-14-12-10-8-6-4-5-7-9-11-13-15-17-20(2)24;1-2-20-21(26-20)17-13-9-5-3-7-11-15-19(23)16-12-8-4-6-10-14-18-22(24)25;1-2-20-21(26-20)17-14-13-16-19(23)15-11-9-7-5-3-4-6-8-10-12-18-22(24)25/h5-8,12,14,16,18,21-23,25H,3-4,9-11,13,15,17,19H2,1-2H3;3,7-9,11-13,15,19-21,23H,2,4-6,10,14,16-18H2,1H3,(H,24,25);3-4,7,9,11,13-15,19-21,23H,2,5-6,8,10,12,16-18H2,1H3,(H,24,25)/b7-5-,8-6-,14-12-,18-16+;7-3-,12-8-,13-9-,15-11-;4-3-,9-7-,14-13-,15-11-. The Morgan fingerprint density at radius 1 is 0.385 bits per heavy atom. The lowest BCUT2D eigenvalue weighted by Gasteiger charge is -2.00. The lowest BCUT2D eigenvalue weighted by molar-refractivity contribution is -0.138. The fraction of sp³-hybridized carbons (Fsp3) is 0.597. The number of carboxylic acid groups (broad SMARTS) is 2. The zero-order valence-electron chi connectivity index (χ0n) is 48.3. The number of hydrogen-bond acceptors (Lipinski definition) is 9. The molecule has 3 rings (SSSR count). The first-order valence-corrected chi connectivity index (χ1v) is 29.7. The van der Waals surface area contributed by atoms with Crippen LogP contribution in [0.15, 0.2) is 146 Å². The van der Waals surface area contributed by atoms with Crippen molar-refractivity contribution in [2.45, 2.75) is 256 Å². The number of epoxide rings is 3. The molecule has 9 unspecified atom stereocenters. The van der Waals surface area contributed by atoms with Crippen molar-refractivity contribution in [3.05, 3.63) is 146 Å². The number of aliphatic hydroxyl groups is 3. The molecule has 78 heavy (non-hydrogen) atoms. The predicted molar refractivity (Wildman–Crippen MR) is 321 cm³/mol. The summed E-state index contributed by atoms with van der Waals surface area (Å²) < 4.78 is 16.4. The van der Waals surface area contributed by atoms with Crippen LogP contribution in [-0.2, 0) is 28.6 Å². The van der Waals surface area contributed by atoms with Gasteiger partial charge in [0, 0.05) is 25.7 Å². The summed E-state index contributed by atoms with van der Waals surface area (Å²) in [4.78, 5) is 31.5. The molecule has 0 aromatic carbocycles. The Bertz CT molecular complexity index is 1900. The normalized spacial score (nSPS) is 21.5. The van der Waals surface area contributed by atoms with Gasteiger partial charge in [0.15, 0.2) is 0 Å². The first-order valence-electron chi connectivity index (χ1n) is 29.7. The Morgan fingerprint density at radius 3 is 1.14 bits per heavy atom. The lowest BCUT2D eigenvalue weighted by Crippen LogP contribution is -2.07. The van der Waals surface area contributed by atoms with Crippen molar-refractivity contribution in [2.75, 3.05) is 0 Å². The van der Waals surface area contributed by atoms with Crippen LogP contribution in [0.3, 0.4) is 0 Å². The highest BCUT2D eigenvalue weighted by molar-refractivity contribution is 5.75. The number of carboxylic acids is 2. The van der Waals surface area contributed by atoms with E-state index in [1.54, 1.807) is 19.1 Å². The third-order valence-electron chi connectivity index (χ3n) is 13.0. The van der Waals surface area contributed by atoms with E-state index < -0.39 is 30.3 Å². The van der Waals surface area contributed by atoms with Crippen LogP contribution in [0.5, 0.6) is 0 Å². The molecule has 11 heteroatoms. The van der Waals surface area contributed by atoms with E-state index in [-0.39, 0.29) is 18.9 Å². The van der Waals surface area contributed by atoms with Crippen LogP contribution in [0.25, 0.3) is 0 Å². The number of rotatable bonds is 45. The molecule has 3 aliphatic heterocycles.